The fourth-order valence-electron chi connectivity index (χ4n) is 2.69. The topological polar surface area (TPSA) is 138 Å². The van der Waals surface area contributed by atoms with Crippen LogP contribution in [-0.4, -0.2) is 53.0 Å². The Morgan fingerprint density at radius 2 is 2.39 bits per heavy atom. The number of nitrogens with zero attached hydrogens (tertiary/aromatic N) is 4. The lowest BCUT2D eigenvalue weighted by Crippen LogP contribution is -2.24. The van der Waals surface area contributed by atoms with Crippen molar-refractivity contribution in [1.29, 1.82) is 0 Å². The number of anilines is 1. The van der Waals surface area contributed by atoms with E-state index in [1.807, 2.05) is 6.92 Å². The lowest BCUT2D eigenvalue weighted by Gasteiger charge is -2.18. The fourth-order valence-corrected chi connectivity index (χ4v) is 2.82. The number of nitrogens with one attached hydrogen (secondary N) is 1. The summed E-state index contributed by atoms with van der Waals surface area (Å²) in [4.78, 5) is 23.2. The highest BCUT2D eigenvalue weighted by Crippen LogP contribution is 2.14. The first-order chi connectivity index (χ1) is 13.4. The second kappa shape index (κ2) is 10.8. The smallest absolute Gasteiger partial charge is 0.348 e. The molecule has 1 aliphatic rings. The molecule has 1 aliphatic heterocycles. The Balaban J connectivity index is 1.88. The van der Waals surface area contributed by atoms with E-state index in [1.54, 1.807) is 13.1 Å². The highest BCUT2D eigenvalue weighted by molar-refractivity contribution is 6.28. The van der Waals surface area contributed by atoms with Crippen molar-refractivity contribution in [2.45, 2.75) is 39.2 Å². The molecule has 2 rings (SSSR count). The molecule has 0 aromatic carbocycles. The molecule has 0 radical (unpaired) electrons. The van der Waals surface area contributed by atoms with Gasteiger partial charge in [-0.3, -0.25) is 15.1 Å². The molecule has 1 atom stereocenters. The van der Waals surface area contributed by atoms with Crippen LogP contribution in [0.1, 0.15) is 31.7 Å². The summed E-state index contributed by atoms with van der Waals surface area (Å²) in [5, 5.41) is 14.7. The number of aliphatic imine (C=N–C) groups is 1. The minimum absolute atomic E-state index is 0.0939. The number of hydrogen-bond donors (Lipinski definition) is 2. The molecule has 11 heteroatoms. The van der Waals surface area contributed by atoms with Gasteiger partial charge < -0.3 is 20.5 Å². The van der Waals surface area contributed by atoms with Crippen LogP contribution in [0.15, 0.2) is 22.8 Å². The van der Waals surface area contributed by atoms with Gasteiger partial charge in [-0.1, -0.05) is 0 Å². The van der Waals surface area contributed by atoms with E-state index in [0.29, 0.717) is 32.0 Å². The predicted octanol–water partition coefficient (Wildman–Crippen LogP) is 2.30. The lowest BCUT2D eigenvalue weighted by atomic mass is 10.1. The Morgan fingerprint density at radius 1 is 1.61 bits per heavy atom. The summed E-state index contributed by atoms with van der Waals surface area (Å²) >= 11 is 5.77. The van der Waals surface area contributed by atoms with Crippen LogP contribution in [0.2, 0.25) is 5.28 Å². The summed E-state index contributed by atoms with van der Waals surface area (Å²) in [7, 11) is 0. The summed E-state index contributed by atoms with van der Waals surface area (Å²) < 4.78 is 10.7. The van der Waals surface area contributed by atoms with Crippen LogP contribution in [0.4, 0.5) is 5.82 Å². The van der Waals surface area contributed by atoms with Gasteiger partial charge >= 0.3 is 5.70 Å². The van der Waals surface area contributed by atoms with Crippen molar-refractivity contribution in [3.05, 3.63) is 38.7 Å². The van der Waals surface area contributed by atoms with Gasteiger partial charge in [-0.2, -0.15) is 0 Å². The molecule has 0 bridgehead atoms. The number of ether oxygens (including phenoxy) is 2. The van der Waals surface area contributed by atoms with E-state index < -0.39 is 4.92 Å². The molecule has 2 heterocycles. The molecular weight excluding hydrogens is 388 g/mol. The predicted molar refractivity (Wildman–Crippen MR) is 106 cm³/mol. The summed E-state index contributed by atoms with van der Waals surface area (Å²) in [6, 6.07) is -0.0939. The van der Waals surface area contributed by atoms with Crippen molar-refractivity contribution in [2.75, 3.05) is 31.7 Å². The van der Waals surface area contributed by atoms with Gasteiger partial charge in [0.1, 0.15) is 11.5 Å². The highest BCUT2D eigenvalue weighted by Gasteiger charge is 2.24. The minimum atomic E-state index is -0.567. The van der Waals surface area contributed by atoms with Crippen molar-refractivity contribution in [3.8, 4) is 0 Å². The van der Waals surface area contributed by atoms with Gasteiger partial charge in [-0.25, -0.2) is 9.97 Å². The van der Waals surface area contributed by atoms with Crippen LogP contribution in [0.3, 0.4) is 0 Å². The first-order valence-electron chi connectivity index (χ1n) is 9.01. The van der Waals surface area contributed by atoms with Gasteiger partial charge in [0.15, 0.2) is 0 Å². The standard InChI is InChI=1S/C17H25ClN6O4/c1-11-9-21-17(18)23-16(11)20-6-4-8-28-15(19)14(24(25)26)12(2)22-13-5-3-7-27-10-13/h9,13H,3-8,10,19H2,1-2H3,(H,20,21,23). The maximum absolute atomic E-state index is 11.4. The average molecular weight is 413 g/mol. The van der Waals surface area contributed by atoms with Crippen LogP contribution in [0.5, 0.6) is 0 Å². The van der Waals surface area contributed by atoms with Crippen molar-refractivity contribution in [1.82, 2.24) is 9.97 Å². The zero-order chi connectivity index (χ0) is 20.5. The Labute approximate surface area is 168 Å². The first kappa shape index (κ1) is 21.8. The third-order valence-corrected chi connectivity index (χ3v) is 4.27. The van der Waals surface area contributed by atoms with E-state index in [2.05, 4.69) is 20.3 Å². The molecule has 1 unspecified atom stereocenters. The second-order valence-electron chi connectivity index (χ2n) is 6.35. The Kier molecular flexibility index (Phi) is 8.40. The van der Waals surface area contributed by atoms with Gasteiger partial charge in [0.05, 0.1) is 24.2 Å². The highest BCUT2D eigenvalue weighted by atomic mass is 35.5. The molecule has 3 N–H and O–H groups in total. The number of aromatic nitrogens is 2. The molecule has 10 nitrogen and oxygen atoms in total. The van der Waals surface area contributed by atoms with Gasteiger partial charge in [-0.05, 0) is 44.7 Å². The Bertz CT molecular complexity index is 749. The molecule has 0 amide bonds. The monoisotopic (exact) mass is 412 g/mol. The quantitative estimate of drug-likeness (QED) is 0.157. The summed E-state index contributed by atoms with van der Waals surface area (Å²) in [6.45, 7) is 5.31. The minimum Gasteiger partial charge on any atom is -0.474 e. The van der Waals surface area contributed by atoms with Crippen LogP contribution >= 0.6 is 11.6 Å². The molecule has 1 aromatic rings. The van der Waals surface area contributed by atoms with Gasteiger partial charge in [-0.15, -0.1) is 0 Å². The van der Waals surface area contributed by atoms with E-state index in [1.165, 1.54) is 0 Å². The van der Waals surface area contributed by atoms with Crippen LogP contribution in [0.25, 0.3) is 0 Å². The van der Waals surface area contributed by atoms with E-state index in [4.69, 9.17) is 26.8 Å². The van der Waals surface area contributed by atoms with Crippen LogP contribution in [-0.2, 0) is 9.47 Å². The van der Waals surface area contributed by atoms with E-state index in [-0.39, 0.29) is 35.2 Å². The van der Waals surface area contributed by atoms with Gasteiger partial charge in [0, 0.05) is 24.9 Å². The maximum atomic E-state index is 11.4. The number of halogens is 1. The van der Waals surface area contributed by atoms with Crippen molar-refractivity contribution >= 4 is 23.1 Å². The van der Waals surface area contributed by atoms with E-state index >= 15 is 0 Å². The molecule has 28 heavy (non-hydrogen) atoms. The summed E-state index contributed by atoms with van der Waals surface area (Å²) in [5.74, 6) is 0.386. The normalized spacial score (nSPS) is 18.4. The van der Waals surface area contributed by atoms with Gasteiger partial charge in [0.25, 0.3) is 5.88 Å². The third-order valence-electron chi connectivity index (χ3n) is 4.08. The molecule has 0 spiro atoms. The maximum Gasteiger partial charge on any atom is 0.348 e. The number of aryl methyl sites for hydroxylation is 1. The van der Waals surface area contributed by atoms with E-state index in [0.717, 1.165) is 18.4 Å². The average Bonchev–Trinajstić information content (AvgIpc) is 2.64. The zero-order valence-electron chi connectivity index (χ0n) is 16.0. The van der Waals surface area contributed by atoms with Crippen molar-refractivity contribution in [3.63, 3.8) is 0 Å². The Morgan fingerprint density at radius 3 is 3.07 bits per heavy atom. The molecule has 154 valence electrons. The zero-order valence-corrected chi connectivity index (χ0v) is 16.7. The third kappa shape index (κ3) is 6.61. The SMILES string of the molecule is CC(=NC1CCCOC1)C(=C(N)OCCCNc1nc(Cl)ncc1C)[N+](=O)[O-]. The van der Waals surface area contributed by atoms with Crippen molar-refractivity contribution < 1.29 is 14.4 Å². The number of hydrogen-bond acceptors (Lipinski definition) is 9. The molecule has 1 fully saturated rings. The molecule has 0 aliphatic carbocycles. The van der Waals surface area contributed by atoms with Crippen LogP contribution < -0.4 is 11.1 Å². The number of rotatable bonds is 9. The largest absolute Gasteiger partial charge is 0.474 e. The van der Waals surface area contributed by atoms with Gasteiger partial charge in [0.2, 0.25) is 5.28 Å². The molecule has 1 aromatic heterocycles. The lowest BCUT2D eigenvalue weighted by molar-refractivity contribution is -0.418. The Hall–Kier alpha value is -2.46. The van der Waals surface area contributed by atoms with E-state index in [9.17, 15) is 10.1 Å². The second-order valence-corrected chi connectivity index (χ2v) is 6.69. The van der Waals surface area contributed by atoms with Crippen LogP contribution in [0, 0.1) is 17.0 Å². The number of nitrogens with two attached hydrogens (primary N) is 1. The summed E-state index contributed by atoms with van der Waals surface area (Å²) in [5.41, 5.74) is 6.60. The molecular formula is C17H25ClN6O4. The number of nitro groups is 1. The molecule has 1 saturated heterocycles. The van der Waals surface area contributed by atoms with Crippen molar-refractivity contribution in [2.24, 2.45) is 10.7 Å². The fraction of sp³-hybridized carbons (Fsp3) is 0.588. The number of allylic oxidation sites excluding steroid dienone is 1. The first-order valence-corrected chi connectivity index (χ1v) is 9.38. The molecule has 0 saturated carbocycles. The summed E-state index contributed by atoms with van der Waals surface area (Å²) in [6.07, 6.45) is 3.90.